The number of nitrogens with one attached hydrogen (secondary N) is 1. The Hall–Kier alpha value is -2.63. The summed E-state index contributed by atoms with van der Waals surface area (Å²) in [6.07, 6.45) is 1.06. The molecule has 0 fully saturated rings. The van der Waals surface area contributed by atoms with Crippen LogP contribution in [0, 0.1) is 5.92 Å². The number of nitrogens with zero attached hydrogens (tertiary/aromatic N) is 1. The number of aromatic carboxylic acids is 1. The van der Waals surface area contributed by atoms with Crippen LogP contribution in [0.15, 0.2) is 35.3 Å². The highest BCUT2D eigenvalue weighted by atomic mass is 16.5. The SMILES string of the molecule is CC(C)COc1ccc(-c2ncc(C(=O)O)c(=O)[nH]2)cc1. The van der Waals surface area contributed by atoms with Crippen molar-refractivity contribution in [2.24, 2.45) is 5.92 Å². The van der Waals surface area contributed by atoms with Crippen molar-refractivity contribution >= 4 is 5.97 Å². The topological polar surface area (TPSA) is 92.3 Å². The van der Waals surface area contributed by atoms with E-state index in [1.165, 1.54) is 0 Å². The molecule has 0 spiro atoms. The van der Waals surface area contributed by atoms with E-state index in [0.29, 0.717) is 23.9 Å². The van der Waals surface area contributed by atoms with Crippen LogP contribution in [0.4, 0.5) is 0 Å². The smallest absolute Gasteiger partial charge is 0.342 e. The average Bonchev–Trinajstić information content (AvgIpc) is 2.45. The molecule has 0 amide bonds. The number of hydrogen-bond acceptors (Lipinski definition) is 4. The summed E-state index contributed by atoms with van der Waals surface area (Å²) in [5.74, 6) is 0.191. The highest BCUT2D eigenvalue weighted by Crippen LogP contribution is 2.19. The van der Waals surface area contributed by atoms with Gasteiger partial charge in [0.1, 0.15) is 17.1 Å². The summed E-state index contributed by atoms with van der Waals surface area (Å²) in [6, 6.07) is 7.08. The van der Waals surface area contributed by atoms with Crippen LogP contribution in [-0.2, 0) is 0 Å². The monoisotopic (exact) mass is 288 g/mol. The second-order valence-electron chi connectivity index (χ2n) is 5.01. The molecule has 0 saturated carbocycles. The van der Waals surface area contributed by atoms with Crippen LogP contribution in [0.5, 0.6) is 5.75 Å². The first-order valence-electron chi connectivity index (χ1n) is 6.53. The molecule has 1 heterocycles. The molecule has 0 aliphatic carbocycles. The lowest BCUT2D eigenvalue weighted by Gasteiger charge is -2.09. The predicted octanol–water partition coefficient (Wildman–Crippen LogP) is 2.17. The molecular formula is C15H16N2O4. The van der Waals surface area contributed by atoms with Crippen molar-refractivity contribution in [3.63, 3.8) is 0 Å². The lowest BCUT2D eigenvalue weighted by Crippen LogP contribution is -2.18. The van der Waals surface area contributed by atoms with E-state index in [1.807, 2.05) is 0 Å². The molecule has 2 N–H and O–H groups in total. The van der Waals surface area contributed by atoms with Gasteiger partial charge >= 0.3 is 5.97 Å². The first-order chi connectivity index (χ1) is 9.97. The number of aromatic nitrogens is 2. The molecule has 6 nitrogen and oxygen atoms in total. The summed E-state index contributed by atoms with van der Waals surface area (Å²) in [6.45, 7) is 4.75. The third-order valence-electron chi connectivity index (χ3n) is 2.74. The van der Waals surface area contributed by atoms with Crippen LogP contribution in [0.2, 0.25) is 0 Å². The van der Waals surface area contributed by atoms with Crippen molar-refractivity contribution in [3.05, 3.63) is 46.4 Å². The van der Waals surface area contributed by atoms with Crippen molar-refractivity contribution in [2.75, 3.05) is 6.61 Å². The van der Waals surface area contributed by atoms with Gasteiger partial charge in [-0.1, -0.05) is 13.8 Å². The summed E-state index contributed by atoms with van der Waals surface area (Å²) in [5, 5.41) is 8.79. The van der Waals surface area contributed by atoms with E-state index >= 15 is 0 Å². The quantitative estimate of drug-likeness (QED) is 0.879. The van der Waals surface area contributed by atoms with Gasteiger partial charge in [-0.25, -0.2) is 9.78 Å². The molecule has 2 rings (SSSR count). The standard InChI is InChI=1S/C15H16N2O4/c1-9(2)8-21-11-5-3-10(4-6-11)13-16-7-12(15(19)20)14(18)17-13/h3-7,9H,8H2,1-2H3,(H,19,20)(H,16,17,18). The van der Waals surface area contributed by atoms with Gasteiger partial charge in [-0.05, 0) is 30.2 Å². The summed E-state index contributed by atoms with van der Waals surface area (Å²) in [4.78, 5) is 28.8. The van der Waals surface area contributed by atoms with Crippen LogP contribution in [0.25, 0.3) is 11.4 Å². The van der Waals surface area contributed by atoms with Gasteiger partial charge in [0.2, 0.25) is 0 Å². The number of carbonyl (C=O) groups is 1. The van der Waals surface area contributed by atoms with Gasteiger partial charge in [0.15, 0.2) is 0 Å². The molecule has 1 aromatic heterocycles. The van der Waals surface area contributed by atoms with Gasteiger partial charge in [0.25, 0.3) is 5.56 Å². The first-order valence-corrected chi connectivity index (χ1v) is 6.53. The lowest BCUT2D eigenvalue weighted by molar-refractivity contribution is 0.0694. The summed E-state index contributed by atoms with van der Waals surface area (Å²) in [7, 11) is 0. The van der Waals surface area contributed by atoms with Crippen LogP contribution in [-0.4, -0.2) is 27.7 Å². The Morgan fingerprint density at radius 2 is 2.00 bits per heavy atom. The number of aromatic amines is 1. The molecule has 110 valence electrons. The maximum absolute atomic E-state index is 11.6. The van der Waals surface area contributed by atoms with Crippen molar-refractivity contribution < 1.29 is 14.6 Å². The van der Waals surface area contributed by atoms with E-state index in [4.69, 9.17) is 9.84 Å². The van der Waals surface area contributed by atoms with Crippen LogP contribution in [0.1, 0.15) is 24.2 Å². The van der Waals surface area contributed by atoms with Crippen molar-refractivity contribution in [2.45, 2.75) is 13.8 Å². The third kappa shape index (κ3) is 3.68. The highest BCUT2D eigenvalue weighted by molar-refractivity contribution is 5.86. The normalized spacial score (nSPS) is 10.6. The van der Waals surface area contributed by atoms with Crippen LogP contribution in [0.3, 0.4) is 0 Å². The van der Waals surface area contributed by atoms with Crippen molar-refractivity contribution in [1.29, 1.82) is 0 Å². The molecule has 2 aromatic rings. The molecule has 1 aromatic carbocycles. The predicted molar refractivity (Wildman–Crippen MR) is 77.6 cm³/mol. The molecule has 0 aliphatic rings. The van der Waals surface area contributed by atoms with Gasteiger partial charge in [0.05, 0.1) is 6.61 Å². The number of ether oxygens (including phenoxy) is 1. The average molecular weight is 288 g/mol. The fourth-order valence-electron chi connectivity index (χ4n) is 1.67. The maximum Gasteiger partial charge on any atom is 0.342 e. The Bertz CT molecular complexity index is 690. The number of rotatable bonds is 5. The number of benzene rings is 1. The number of carboxylic acid groups (broad SMARTS) is 1. The van der Waals surface area contributed by atoms with E-state index in [-0.39, 0.29) is 5.56 Å². The zero-order valence-corrected chi connectivity index (χ0v) is 11.8. The number of carboxylic acids is 1. The van der Waals surface area contributed by atoms with Crippen molar-refractivity contribution in [1.82, 2.24) is 9.97 Å². The third-order valence-corrected chi connectivity index (χ3v) is 2.74. The molecular weight excluding hydrogens is 272 g/mol. The second kappa shape index (κ2) is 6.21. The maximum atomic E-state index is 11.6. The number of hydrogen-bond donors (Lipinski definition) is 2. The first kappa shape index (κ1) is 14.8. The van der Waals surface area contributed by atoms with Gasteiger partial charge in [0, 0.05) is 11.8 Å². The van der Waals surface area contributed by atoms with E-state index in [2.05, 4.69) is 23.8 Å². The molecule has 0 radical (unpaired) electrons. The number of H-pyrrole nitrogens is 1. The Morgan fingerprint density at radius 3 is 2.52 bits per heavy atom. The van der Waals surface area contributed by atoms with E-state index in [9.17, 15) is 9.59 Å². The molecule has 0 unspecified atom stereocenters. The molecule has 6 heteroatoms. The van der Waals surface area contributed by atoms with E-state index < -0.39 is 11.5 Å². The van der Waals surface area contributed by atoms with Crippen LogP contribution >= 0.6 is 0 Å². The minimum absolute atomic E-state index is 0.320. The zero-order valence-electron chi connectivity index (χ0n) is 11.8. The highest BCUT2D eigenvalue weighted by Gasteiger charge is 2.10. The zero-order chi connectivity index (χ0) is 15.4. The van der Waals surface area contributed by atoms with E-state index in [1.54, 1.807) is 24.3 Å². The lowest BCUT2D eigenvalue weighted by atomic mass is 10.2. The fraction of sp³-hybridized carbons (Fsp3) is 0.267. The molecule has 0 aliphatic heterocycles. The van der Waals surface area contributed by atoms with Gasteiger partial charge < -0.3 is 14.8 Å². The summed E-state index contributed by atoms with van der Waals surface area (Å²) in [5.41, 5.74) is -0.371. The second-order valence-corrected chi connectivity index (χ2v) is 5.01. The van der Waals surface area contributed by atoms with E-state index in [0.717, 1.165) is 11.9 Å². The minimum Gasteiger partial charge on any atom is -0.493 e. The van der Waals surface area contributed by atoms with Gasteiger partial charge in [-0.3, -0.25) is 4.79 Å². The Kier molecular flexibility index (Phi) is 4.37. The van der Waals surface area contributed by atoms with Crippen LogP contribution < -0.4 is 10.3 Å². The Labute approximate surface area is 121 Å². The fourth-order valence-corrected chi connectivity index (χ4v) is 1.67. The molecule has 21 heavy (non-hydrogen) atoms. The van der Waals surface area contributed by atoms with Gasteiger partial charge in [-0.2, -0.15) is 0 Å². The van der Waals surface area contributed by atoms with Crippen molar-refractivity contribution in [3.8, 4) is 17.1 Å². The molecule has 0 bridgehead atoms. The summed E-state index contributed by atoms with van der Waals surface area (Å²) >= 11 is 0. The largest absolute Gasteiger partial charge is 0.493 e. The Balaban J connectivity index is 2.21. The Morgan fingerprint density at radius 1 is 1.33 bits per heavy atom. The van der Waals surface area contributed by atoms with Gasteiger partial charge in [-0.15, -0.1) is 0 Å². The summed E-state index contributed by atoms with van der Waals surface area (Å²) < 4.78 is 5.56. The molecule has 0 saturated heterocycles. The molecule has 0 atom stereocenters. The minimum atomic E-state index is -1.30.